The quantitative estimate of drug-likeness (QED) is 0.238. The molecule has 0 bridgehead atoms. The van der Waals surface area contributed by atoms with Crippen LogP contribution in [0.25, 0.3) is 0 Å². The van der Waals surface area contributed by atoms with Gasteiger partial charge in [-0.15, -0.1) is 0 Å². The van der Waals surface area contributed by atoms with E-state index in [-0.39, 0.29) is 30.4 Å². The molecule has 0 radical (unpaired) electrons. The largest absolute Gasteiger partial charge is 0.465 e. The van der Waals surface area contributed by atoms with Crippen molar-refractivity contribution >= 4 is 17.9 Å². The number of hydrogen-bond acceptors (Lipinski definition) is 7. The molecule has 0 saturated carbocycles. The SMILES string of the molecule is C=C(C)C(=O)OCCCCOC(=O)C(=C)C.CC(C)C(=O)OCCCCO. The topological polar surface area (TPSA) is 99.1 Å². The van der Waals surface area contributed by atoms with Crippen LogP contribution in [0.5, 0.6) is 0 Å². The molecule has 0 aromatic carbocycles. The van der Waals surface area contributed by atoms with Crippen LogP contribution >= 0.6 is 0 Å². The first-order valence-electron chi connectivity index (χ1n) is 9.06. The molecule has 27 heavy (non-hydrogen) atoms. The molecule has 0 heterocycles. The predicted octanol–water partition coefficient (Wildman–Crippen LogP) is 2.96. The number of aliphatic hydroxyl groups excluding tert-OH is 1. The second kappa shape index (κ2) is 17.3. The lowest BCUT2D eigenvalue weighted by Crippen LogP contribution is -2.12. The van der Waals surface area contributed by atoms with Crippen LogP contribution in [0.15, 0.2) is 24.3 Å². The molecule has 7 nitrogen and oxygen atoms in total. The van der Waals surface area contributed by atoms with Crippen molar-refractivity contribution in [3.63, 3.8) is 0 Å². The van der Waals surface area contributed by atoms with E-state index in [9.17, 15) is 14.4 Å². The van der Waals surface area contributed by atoms with E-state index in [0.29, 0.717) is 50.2 Å². The first-order valence-corrected chi connectivity index (χ1v) is 9.06. The number of hydrogen-bond donors (Lipinski definition) is 1. The molecule has 1 N–H and O–H groups in total. The molecular formula is C20H34O7. The lowest BCUT2D eigenvalue weighted by atomic mass is 10.2. The molecule has 0 fully saturated rings. The third kappa shape index (κ3) is 18.4. The Hall–Kier alpha value is -2.15. The first-order chi connectivity index (χ1) is 12.6. The first kappa shape index (κ1) is 27.1. The van der Waals surface area contributed by atoms with E-state index >= 15 is 0 Å². The third-order valence-corrected chi connectivity index (χ3v) is 2.97. The maximum atomic E-state index is 11.0. The monoisotopic (exact) mass is 386 g/mol. The fourth-order valence-corrected chi connectivity index (χ4v) is 1.33. The van der Waals surface area contributed by atoms with Crippen LogP contribution in [0.3, 0.4) is 0 Å². The molecule has 0 aliphatic carbocycles. The van der Waals surface area contributed by atoms with Gasteiger partial charge < -0.3 is 19.3 Å². The standard InChI is InChI=1S/C12H18O4.C8H16O3/c1-9(2)11(13)15-7-5-6-8-16-12(14)10(3)4;1-7(2)8(10)11-6-4-3-5-9/h1,3,5-8H2,2,4H3;7,9H,3-6H2,1-2H3. The summed E-state index contributed by atoms with van der Waals surface area (Å²) in [5.74, 6) is -0.995. The van der Waals surface area contributed by atoms with E-state index in [1.807, 2.05) is 0 Å². The summed E-state index contributed by atoms with van der Waals surface area (Å²) in [6.07, 6.45) is 2.76. The average Bonchev–Trinajstić information content (AvgIpc) is 2.61. The van der Waals surface area contributed by atoms with Crippen LogP contribution in [0, 0.1) is 5.92 Å². The molecular weight excluding hydrogens is 352 g/mol. The van der Waals surface area contributed by atoms with E-state index in [1.165, 1.54) is 0 Å². The van der Waals surface area contributed by atoms with Crippen LogP contribution in [-0.4, -0.2) is 49.4 Å². The number of carbonyl (C=O) groups is 3. The molecule has 0 unspecified atom stereocenters. The summed E-state index contributed by atoms with van der Waals surface area (Å²) in [4.78, 5) is 32.7. The Kier molecular flexibility index (Phi) is 17.3. The van der Waals surface area contributed by atoms with Crippen LogP contribution < -0.4 is 0 Å². The van der Waals surface area contributed by atoms with Crippen molar-refractivity contribution in [3.8, 4) is 0 Å². The van der Waals surface area contributed by atoms with E-state index in [2.05, 4.69) is 13.2 Å². The summed E-state index contributed by atoms with van der Waals surface area (Å²) in [5, 5.41) is 8.40. The molecule has 0 aromatic rings. The summed E-state index contributed by atoms with van der Waals surface area (Å²) < 4.78 is 14.6. The minimum Gasteiger partial charge on any atom is -0.465 e. The highest BCUT2D eigenvalue weighted by atomic mass is 16.5. The molecule has 7 heteroatoms. The normalized spacial score (nSPS) is 9.70. The van der Waals surface area contributed by atoms with E-state index in [1.54, 1.807) is 27.7 Å². The zero-order valence-electron chi connectivity index (χ0n) is 17.0. The number of esters is 3. The van der Waals surface area contributed by atoms with Crippen LogP contribution in [0.1, 0.15) is 53.4 Å². The highest BCUT2D eigenvalue weighted by Gasteiger charge is 2.06. The Labute approximate surface area is 162 Å². The predicted molar refractivity (Wildman–Crippen MR) is 103 cm³/mol. The number of rotatable bonds is 12. The van der Waals surface area contributed by atoms with Gasteiger partial charge in [0, 0.05) is 17.8 Å². The van der Waals surface area contributed by atoms with Crippen LogP contribution in [0.4, 0.5) is 0 Å². The maximum Gasteiger partial charge on any atom is 0.333 e. The van der Waals surface area contributed by atoms with Gasteiger partial charge in [0.15, 0.2) is 0 Å². The van der Waals surface area contributed by atoms with Gasteiger partial charge in [-0.25, -0.2) is 9.59 Å². The van der Waals surface area contributed by atoms with Crippen LogP contribution in [0.2, 0.25) is 0 Å². The molecule has 0 aromatic heterocycles. The summed E-state index contributed by atoms with van der Waals surface area (Å²) in [7, 11) is 0. The molecule has 0 rings (SSSR count). The van der Waals surface area contributed by atoms with Gasteiger partial charge in [-0.3, -0.25) is 4.79 Å². The molecule has 0 atom stereocenters. The van der Waals surface area contributed by atoms with Gasteiger partial charge in [0.05, 0.1) is 25.7 Å². The highest BCUT2D eigenvalue weighted by Crippen LogP contribution is 1.99. The van der Waals surface area contributed by atoms with Gasteiger partial charge in [0.2, 0.25) is 0 Å². The zero-order valence-corrected chi connectivity index (χ0v) is 17.0. The van der Waals surface area contributed by atoms with E-state index in [0.717, 1.165) is 6.42 Å². The van der Waals surface area contributed by atoms with Gasteiger partial charge in [-0.05, 0) is 39.5 Å². The summed E-state index contributed by atoms with van der Waals surface area (Å²) >= 11 is 0. The molecule has 0 saturated heterocycles. The molecule has 156 valence electrons. The van der Waals surface area contributed by atoms with Gasteiger partial charge >= 0.3 is 17.9 Å². The Morgan fingerprint density at radius 1 is 0.778 bits per heavy atom. The maximum absolute atomic E-state index is 11.0. The second-order valence-corrected chi connectivity index (χ2v) is 6.29. The van der Waals surface area contributed by atoms with Crippen LogP contribution in [-0.2, 0) is 28.6 Å². The molecule has 0 aliphatic rings. The lowest BCUT2D eigenvalue weighted by molar-refractivity contribution is -0.147. The highest BCUT2D eigenvalue weighted by molar-refractivity contribution is 5.87. The molecule has 0 aliphatic heterocycles. The Morgan fingerprint density at radius 2 is 1.15 bits per heavy atom. The van der Waals surface area contributed by atoms with Crippen molar-refractivity contribution in [3.05, 3.63) is 24.3 Å². The Bertz CT molecular complexity index is 451. The van der Waals surface area contributed by atoms with Gasteiger partial charge in [0.1, 0.15) is 0 Å². The number of unbranched alkanes of at least 4 members (excludes halogenated alkanes) is 2. The summed E-state index contributed by atoms with van der Waals surface area (Å²) in [6.45, 7) is 14.9. The van der Waals surface area contributed by atoms with Gasteiger partial charge in [-0.1, -0.05) is 27.0 Å². The van der Waals surface area contributed by atoms with Crippen molar-refractivity contribution in [1.82, 2.24) is 0 Å². The van der Waals surface area contributed by atoms with Crippen molar-refractivity contribution in [1.29, 1.82) is 0 Å². The fraction of sp³-hybridized carbons (Fsp3) is 0.650. The van der Waals surface area contributed by atoms with Crippen molar-refractivity contribution in [2.45, 2.75) is 53.4 Å². The minimum atomic E-state index is -0.390. The number of aliphatic hydroxyl groups is 1. The minimum absolute atomic E-state index is 0.0517. The second-order valence-electron chi connectivity index (χ2n) is 6.29. The molecule has 0 amide bonds. The molecule has 0 spiro atoms. The lowest BCUT2D eigenvalue weighted by Gasteiger charge is -2.05. The smallest absolute Gasteiger partial charge is 0.333 e. The zero-order chi connectivity index (χ0) is 21.2. The van der Waals surface area contributed by atoms with Gasteiger partial charge in [-0.2, -0.15) is 0 Å². The summed E-state index contributed by atoms with van der Waals surface area (Å²) in [5.41, 5.74) is 0.766. The van der Waals surface area contributed by atoms with Gasteiger partial charge in [0.25, 0.3) is 0 Å². The Morgan fingerprint density at radius 3 is 1.48 bits per heavy atom. The average molecular weight is 386 g/mol. The van der Waals surface area contributed by atoms with Crippen molar-refractivity contribution in [2.24, 2.45) is 5.92 Å². The Balaban J connectivity index is 0. The number of ether oxygens (including phenoxy) is 3. The third-order valence-electron chi connectivity index (χ3n) is 2.97. The van der Waals surface area contributed by atoms with E-state index < -0.39 is 0 Å². The number of carbonyl (C=O) groups excluding carboxylic acids is 3. The van der Waals surface area contributed by atoms with Crippen molar-refractivity contribution in [2.75, 3.05) is 26.4 Å². The summed E-state index contributed by atoms with van der Waals surface area (Å²) in [6, 6.07) is 0. The van der Waals surface area contributed by atoms with Crippen molar-refractivity contribution < 1.29 is 33.7 Å². The van der Waals surface area contributed by atoms with E-state index in [4.69, 9.17) is 19.3 Å². The fourth-order valence-electron chi connectivity index (χ4n) is 1.33.